The zero-order chi connectivity index (χ0) is 31.5. The number of aryl methyl sites for hydroxylation is 1. The summed E-state index contributed by atoms with van der Waals surface area (Å²) in [6.07, 6.45) is 1.38. The highest BCUT2D eigenvalue weighted by Crippen LogP contribution is 2.26. The smallest absolute Gasteiger partial charge is 0.328 e. The van der Waals surface area contributed by atoms with Crippen molar-refractivity contribution < 1.29 is 23.8 Å². The fraction of sp³-hybridized carbons (Fsp3) is 0.455. The van der Waals surface area contributed by atoms with Crippen LogP contribution in [0.1, 0.15) is 71.8 Å². The number of para-hydroxylation sites is 1. The van der Waals surface area contributed by atoms with Crippen molar-refractivity contribution in [2.45, 2.75) is 79.1 Å². The van der Waals surface area contributed by atoms with E-state index in [4.69, 9.17) is 24.9 Å². The lowest BCUT2D eigenvalue weighted by atomic mass is 9.97. The van der Waals surface area contributed by atoms with Crippen LogP contribution in [0.15, 0.2) is 53.3 Å². The molecule has 0 amide bonds. The van der Waals surface area contributed by atoms with Crippen LogP contribution >= 0.6 is 0 Å². The fourth-order valence-corrected chi connectivity index (χ4v) is 4.79. The third kappa shape index (κ3) is 7.43. The Bertz CT molecular complexity index is 1690. The van der Waals surface area contributed by atoms with E-state index in [2.05, 4.69) is 4.57 Å². The third-order valence-electron chi connectivity index (χ3n) is 6.99. The van der Waals surface area contributed by atoms with E-state index in [0.29, 0.717) is 48.6 Å². The Labute approximate surface area is 251 Å². The summed E-state index contributed by atoms with van der Waals surface area (Å²) in [7, 11) is 1.54. The lowest BCUT2D eigenvalue weighted by Crippen LogP contribution is -2.31. The molecule has 4 aromatic rings. The molecule has 0 aliphatic heterocycles. The van der Waals surface area contributed by atoms with Crippen LogP contribution in [0.4, 0.5) is 0 Å². The second-order valence-corrected chi connectivity index (χ2v) is 12.7. The first-order chi connectivity index (χ1) is 20.2. The lowest BCUT2D eigenvalue weighted by Gasteiger charge is -2.22. The van der Waals surface area contributed by atoms with Crippen LogP contribution in [0.3, 0.4) is 0 Å². The highest BCUT2D eigenvalue weighted by molar-refractivity contribution is 5.85. The van der Waals surface area contributed by atoms with E-state index in [0.717, 1.165) is 16.4 Å². The maximum absolute atomic E-state index is 13.2. The number of nitrogens with two attached hydrogens (primary N) is 1. The van der Waals surface area contributed by atoms with Crippen molar-refractivity contribution in [1.29, 1.82) is 0 Å². The number of nitrogens with zero attached hydrogens (tertiary/aromatic N) is 3. The largest absolute Gasteiger partial charge is 0.496 e. The molecule has 1 unspecified atom stereocenters. The van der Waals surface area contributed by atoms with Crippen molar-refractivity contribution in [1.82, 2.24) is 14.1 Å². The predicted octanol–water partition coefficient (Wildman–Crippen LogP) is 5.12. The number of aromatic nitrogens is 3. The summed E-state index contributed by atoms with van der Waals surface area (Å²) in [5.74, 6) is 0.423. The summed E-state index contributed by atoms with van der Waals surface area (Å²) in [6.45, 7) is 12.0. The number of imidazole rings is 1. The number of esters is 2. The Morgan fingerprint density at radius 2 is 1.67 bits per heavy atom. The standard InChI is InChI=1S/C33H42N4O6/c1-32(2,3)31(40)42-17-11-10-16-36-25-15-14-21(29(34)30(39)43-33(4,5)6)18-23(25)35-27(36)20-37-24-13-9-8-12-22(24)26(41-7)19-28(37)38/h8-9,12-15,18-19,29H,10-11,16-17,20,34H2,1-7H3. The van der Waals surface area contributed by atoms with Gasteiger partial charge in [-0.15, -0.1) is 0 Å². The summed E-state index contributed by atoms with van der Waals surface area (Å²) >= 11 is 0. The minimum atomic E-state index is -0.970. The maximum atomic E-state index is 13.2. The molecule has 0 aliphatic carbocycles. The molecule has 0 aliphatic rings. The Kier molecular flexibility index (Phi) is 9.29. The third-order valence-corrected chi connectivity index (χ3v) is 6.99. The van der Waals surface area contributed by atoms with Gasteiger partial charge in [0.15, 0.2) is 0 Å². The highest BCUT2D eigenvalue weighted by Gasteiger charge is 2.25. The molecule has 4 rings (SSSR count). The van der Waals surface area contributed by atoms with Crippen LogP contribution in [-0.4, -0.2) is 45.4 Å². The second kappa shape index (κ2) is 12.6. The normalized spacial score (nSPS) is 12.8. The number of hydrogen-bond donors (Lipinski definition) is 1. The van der Waals surface area contributed by atoms with Crippen molar-refractivity contribution in [3.63, 3.8) is 0 Å². The number of pyridine rings is 1. The van der Waals surface area contributed by atoms with Gasteiger partial charge in [0.05, 0.1) is 42.2 Å². The molecule has 2 aromatic carbocycles. The highest BCUT2D eigenvalue weighted by atomic mass is 16.6. The summed E-state index contributed by atoms with van der Waals surface area (Å²) in [5.41, 5.74) is 7.65. The minimum absolute atomic E-state index is 0.212. The lowest BCUT2D eigenvalue weighted by molar-refractivity contribution is -0.156. The second-order valence-electron chi connectivity index (χ2n) is 12.7. The minimum Gasteiger partial charge on any atom is -0.496 e. The van der Waals surface area contributed by atoms with Gasteiger partial charge in [0, 0.05) is 18.0 Å². The molecule has 0 saturated carbocycles. The van der Waals surface area contributed by atoms with E-state index in [9.17, 15) is 14.4 Å². The summed E-state index contributed by atoms with van der Waals surface area (Å²) in [4.78, 5) is 43.0. The van der Waals surface area contributed by atoms with Gasteiger partial charge in [0.25, 0.3) is 5.56 Å². The molecule has 43 heavy (non-hydrogen) atoms. The SMILES string of the molecule is COc1cc(=O)n(Cc2nc3cc(C(N)C(=O)OC(C)(C)C)ccc3n2CCCCOC(=O)C(C)(C)C)c2ccccc12. The summed E-state index contributed by atoms with van der Waals surface area (Å²) < 4.78 is 20.1. The number of hydrogen-bond acceptors (Lipinski definition) is 8. The number of benzene rings is 2. The molecule has 0 bridgehead atoms. The Morgan fingerprint density at radius 3 is 2.35 bits per heavy atom. The number of fused-ring (bicyclic) bond motifs is 2. The Balaban J connectivity index is 1.69. The molecule has 1 atom stereocenters. The van der Waals surface area contributed by atoms with E-state index in [1.807, 2.05) is 51.1 Å². The molecule has 2 N–H and O–H groups in total. The number of unbranched alkanes of at least 4 members (excludes halogenated alkanes) is 1. The first kappa shape index (κ1) is 31.7. The van der Waals surface area contributed by atoms with Gasteiger partial charge in [-0.1, -0.05) is 18.2 Å². The molecule has 2 heterocycles. The molecular formula is C33H42N4O6. The van der Waals surface area contributed by atoms with Gasteiger partial charge >= 0.3 is 11.9 Å². The van der Waals surface area contributed by atoms with Crippen molar-refractivity contribution in [3.8, 4) is 5.75 Å². The van der Waals surface area contributed by atoms with E-state index >= 15 is 0 Å². The summed E-state index contributed by atoms with van der Waals surface area (Å²) in [5, 5.41) is 0.818. The Hall–Kier alpha value is -4.18. The quantitative estimate of drug-likeness (QED) is 0.199. The maximum Gasteiger partial charge on any atom is 0.328 e. The van der Waals surface area contributed by atoms with Gasteiger partial charge in [0.1, 0.15) is 23.2 Å². The van der Waals surface area contributed by atoms with Crippen LogP contribution in [0.2, 0.25) is 0 Å². The average Bonchev–Trinajstić information content (AvgIpc) is 3.28. The predicted molar refractivity (Wildman–Crippen MR) is 166 cm³/mol. The number of carbonyl (C=O) groups excluding carboxylic acids is 2. The van der Waals surface area contributed by atoms with Gasteiger partial charge in [-0.3, -0.25) is 9.59 Å². The topological polar surface area (TPSA) is 128 Å². The molecule has 10 heteroatoms. The Morgan fingerprint density at radius 1 is 0.953 bits per heavy atom. The monoisotopic (exact) mass is 590 g/mol. The van der Waals surface area contributed by atoms with Crippen molar-refractivity contribution in [2.24, 2.45) is 11.1 Å². The van der Waals surface area contributed by atoms with Crippen LogP contribution in [0, 0.1) is 5.41 Å². The molecule has 0 saturated heterocycles. The van der Waals surface area contributed by atoms with E-state index in [1.165, 1.54) is 6.07 Å². The molecule has 0 spiro atoms. The first-order valence-corrected chi connectivity index (χ1v) is 14.5. The van der Waals surface area contributed by atoms with Gasteiger partial charge in [-0.05, 0) is 84.2 Å². The van der Waals surface area contributed by atoms with Crippen LogP contribution in [-0.2, 0) is 32.2 Å². The molecular weight excluding hydrogens is 548 g/mol. The molecule has 230 valence electrons. The zero-order valence-electron chi connectivity index (χ0n) is 26.1. The number of methoxy groups -OCH3 is 1. The fourth-order valence-electron chi connectivity index (χ4n) is 4.79. The summed E-state index contributed by atoms with van der Waals surface area (Å²) in [6, 6.07) is 13.6. The first-order valence-electron chi connectivity index (χ1n) is 14.5. The molecule has 0 radical (unpaired) electrons. The number of ether oxygens (including phenoxy) is 3. The van der Waals surface area contributed by atoms with E-state index in [1.54, 1.807) is 44.6 Å². The average molecular weight is 591 g/mol. The van der Waals surface area contributed by atoms with Crippen molar-refractivity contribution in [2.75, 3.05) is 13.7 Å². The van der Waals surface area contributed by atoms with Crippen LogP contribution in [0.5, 0.6) is 5.75 Å². The van der Waals surface area contributed by atoms with Gasteiger partial charge in [-0.25, -0.2) is 9.78 Å². The van der Waals surface area contributed by atoms with Crippen LogP contribution < -0.4 is 16.0 Å². The number of rotatable bonds is 10. The zero-order valence-corrected chi connectivity index (χ0v) is 26.1. The van der Waals surface area contributed by atoms with Gasteiger partial charge < -0.3 is 29.1 Å². The van der Waals surface area contributed by atoms with Gasteiger partial charge in [-0.2, -0.15) is 0 Å². The van der Waals surface area contributed by atoms with Crippen molar-refractivity contribution >= 4 is 33.9 Å². The molecule has 0 fully saturated rings. The molecule has 2 aromatic heterocycles. The molecule has 10 nitrogen and oxygen atoms in total. The van der Waals surface area contributed by atoms with Crippen LogP contribution in [0.25, 0.3) is 21.9 Å². The number of carbonyl (C=O) groups is 2. The van der Waals surface area contributed by atoms with Crippen molar-refractivity contribution in [3.05, 3.63) is 70.3 Å². The van der Waals surface area contributed by atoms with E-state index in [-0.39, 0.29) is 18.1 Å². The van der Waals surface area contributed by atoms with E-state index < -0.39 is 23.0 Å². The van der Waals surface area contributed by atoms with Gasteiger partial charge in [0.2, 0.25) is 0 Å².